The zero-order valence-electron chi connectivity index (χ0n) is 16.8. The lowest BCUT2D eigenvalue weighted by Crippen LogP contribution is -2.08. The summed E-state index contributed by atoms with van der Waals surface area (Å²) in [4.78, 5) is 15.2. The number of rotatable bonds is 8. The van der Waals surface area contributed by atoms with Gasteiger partial charge in [0.05, 0.1) is 26.9 Å². The van der Waals surface area contributed by atoms with Gasteiger partial charge in [-0.3, -0.25) is 4.79 Å². The first-order valence-corrected chi connectivity index (χ1v) is 8.78. The summed E-state index contributed by atoms with van der Waals surface area (Å²) in [5.74, 6) is 1.22. The number of hydrogen-bond acceptors (Lipinski definition) is 5. The third kappa shape index (κ3) is 4.42. The van der Waals surface area contributed by atoms with E-state index in [1.165, 1.54) is 14.2 Å². The first-order valence-electron chi connectivity index (χ1n) is 8.78. The van der Waals surface area contributed by atoms with Crippen LogP contribution in [0, 0.1) is 0 Å². The lowest BCUT2D eigenvalue weighted by atomic mass is 9.97. The number of ether oxygens (including phenoxy) is 3. The van der Waals surface area contributed by atoms with Crippen molar-refractivity contribution in [2.24, 2.45) is 0 Å². The number of nitrogens with zero attached hydrogens (tertiary/aromatic N) is 1. The lowest BCUT2D eigenvalue weighted by molar-refractivity contribution is 0.102. The average Bonchev–Trinajstić information content (AvgIpc) is 2.70. The topological polar surface area (TPSA) is 48.0 Å². The largest absolute Gasteiger partial charge is 0.493 e. The Labute approximate surface area is 161 Å². The molecule has 0 saturated heterocycles. The Hall–Kier alpha value is -2.95. The highest BCUT2D eigenvalue weighted by molar-refractivity contribution is 6.13. The summed E-state index contributed by atoms with van der Waals surface area (Å²) in [6.45, 7) is 1.96. The van der Waals surface area contributed by atoms with Gasteiger partial charge in [-0.25, -0.2) is 0 Å². The normalized spacial score (nSPS) is 11.1. The van der Waals surface area contributed by atoms with Gasteiger partial charge >= 0.3 is 0 Å². The number of carbonyl (C=O) groups is 1. The zero-order chi connectivity index (χ0) is 20.0. The van der Waals surface area contributed by atoms with E-state index < -0.39 is 0 Å². The van der Waals surface area contributed by atoms with Gasteiger partial charge in [-0.1, -0.05) is 19.1 Å². The molecule has 0 amide bonds. The SMILES string of the molecule is CC/C(=C\c1ccc(N(C)C)cc1)C(=O)c1ccc(OC)c(OC)c1OC. The van der Waals surface area contributed by atoms with Crippen LogP contribution < -0.4 is 19.1 Å². The maximum atomic E-state index is 13.2. The molecule has 0 aliphatic rings. The van der Waals surface area contributed by atoms with E-state index in [-0.39, 0.29) is 5.78 Å². The summed E-state index contributed by atoms with van der Waals surface area (Å²) in [5.41, 5.74) is 3.23. The minimum absolute atomic E-state index is 0.0908. The van der Waals surface area contributed by atoms with Crippen LogP contribution in [0.5, 0.6) is 17.2 Å². The molecule has 144 valence electrons. The molecule has 5 heteroatoms. The number of hydrogen-bond donors (Lipinski definition) is 0. The molecule has 5 nitrogen and oxygen atoms in total. The number of Topliss-reactive ketones (excluding diaryl/α,β-unsaturated/α-hetero) is 1. The Bertz CT molecular complexity index is 823. The molecule has 2 rings (SSSR count). The quantitative estimate of drug-likeness (QED) is 0.508. The summed E-state index contributed by atoms with van der Waals surface area (Å²) in [6.07, 6.45) is 2.52. The minimum Gasteiger partial charge on any atom is -0.493 e. The molecule has 0 unspecified atom stereocenters. The summed E-state index contributed by atoms with van der Waals surface area (Å²) in [6, 6.07) is 11.5. The van der Waals surface area contributed by atoms with E-state index in [9.17, 15) is 4.79 Å². The summed E-state index contributed by atoms with van der Waals surface area (Å²) in [5, 5.41) is 0. The van der Waals surface area contributed by atoms with E-state index >= 15 is 0 Å². The van der Waals surface area contributed by atoms with Gasteiger partial charge in [0.25, 0.3) is 0 Å². The first kappa shape index (κ1) is 20.4. The van der Waals surface area contributed by atoms with Gasteiger partial charge in [-0.2, -0.15) is 0 Å². The van der Waals surface area contributed by atoms with Crippen molar-refractivity contribution in [1.82, 2.24) is 0 Å². The number of carbonyl (C=O) groups excluding carboxylic acids is 1. The van der Waals surface area contributed by atoms with E-state index in [4.69, 9.17) is 14.2 Å². The van der Waals surface area contributed by atoms with Crippen molar-refractivity contribution in [3.05, 3.63) is 53.1 Å². The molecule has 0 N–H and O–H groups in total. The fourth-order valence-corrected chi connectivity index (χ4v) is 2.85. The second-order valence-corrected chi connectivity index (χ2v) is 6.22. The molecular weight excluding hydrogens is 342 g/mol. The molecule has 0 aliphatic carbocycles. The van der Waals surface area contributed by atoms with Gasteiger partial charge < -0.3 is 19.1 Å². The molecule has 0 aromatic heterocycles. The highest BCUT2D eigenvalue weighted by atomic mass is 16.5. The Morgan fingerprint density at radius 3 is 2.04 bits per heavy atom. The second-order valence-electron chi connectivity index (χ2n) is 6.22. The third-order valence-electron chi connectivity index (χ3n) is 4.37. The fourth-order valence-electron chi connectivity index (χ4n) is 2.85. The fraction of sp³-hybridized carbons (Fsp3) is 0.318. The van der Waals surface area contributed by atoms with Gasteiger partial charge in [-0.05, 0) is 42.3 Å². The molecule has 0 saturated carbocycles. The van der Waals surface area contributed by atoms with Crippen LogP contribution in [0.15, 0.2) is 42.0 Å². The smallest absolute Gasteiger partial charge is 0.204 e. The van der Waals surface area contributed by atoms with E-state index in [1.54, 1.807) is 19.2 Å². The number of methoxy groups -OCH3 is 3. The van der Waals surface area contributed by atoms with Crippen molar-refractivity contribution in [3.63, 3.8) is 0 Å². The summed E-state index contributed by atoms with van der Waals surface area (Å²) >= 11 is 0. The predicted molar refractivity (Wildman–Crippen MR) is 109 cm³/mol. The van der Waals surface area contributed by atoms with Crippen LogP contribution in [-0.2, 0) is 0 Å². The zero-order valence-corrected chi connectivity index (χ0v) is 16.8. The molecule has 0 fully saturated rings. The maximum Gasteiger partial charge on any atom is 0.204 e. The third-order valence-corrected chi connectivity index (χ3v) is 4.37. The summed E-state index contributed by atoms with van der Waals surface area (Å²) < 4.78 is 16.1. The van der Waals surface area contributed by atoms with E-state index in [1.807, 2.05) is 56.3 Å². The molecule has 0 atom stereocenters. The number of ketones is 1. The number of benzene rings is 2. The molecule has 0 heterocycles. The van der Waals surface area contributed by atoms with Crippen LogP contribution in [0.25, 0.3) is 6.08 Å². The minimum atomic E-state index is -0.0908. The average molecular weight is 369 g/mol. The van der Waals surface area contributed by atoms with Crippen molar-refractivity contribution in [2.45, 2.75) is 13.3 Å². The second kappa shape index (κ2) is 9.12. The van der Waals surface area contributed by atoms with Crippen molar-refractivity contribution in [2.75, 3.05) is 40.3 Å². The first-order chi connectivity index (χ1) is 13.0. The van der Waals surface area contributed by atoms with Crippen LogP contribution >= 0.6 is 0 Å². The van der Waals surface area contributed by atoms with Crippen LogP contribution in [-0.4, -0.2) is 41.2 Å². The van der Waals surface area contributed by atoms with Crippen molar-refractivity contribution in [3.8, 4) is 17.2 Å². The van der Waals surface area contributed by atoms with Crippen LogP contribution in [0.4, 0.5) is 5.69 Å². The van der Waals surface area contributed by atoms with Crippen LogP contribution in [0.2, 0.25) is 0 Å². The molecule has 0 bridgehead atoms. The molecule has 2 aromatic carbocycles. The number of anilines is 1. The van der Waals surface area contributed by atoms with E-state index in [0.717, 1.165) is 11.3 Å². The van der Waals surface area contributed by atoms with Gasteiger partial charge in [0.1, 0.15) is 0 Å². The summed E-state index contributed by atoms with van der Waals surface area (Å²) in [7, 11) is 8.58. The number of allylic oxidation sites excluding steroid dienone is 1. The molecule has 27 heavy (non-hydrogen) atoms. The molecule has 0 spiro atoms. The Morgan fingerprint density at radius 1 is 0.926 bits per heavy atom. The van der Waals surface area contributed by atoms with Crippen LogP contribution in [0.3, 0.4) is 0 Å². The van der Waals surface area contributed by atoms with E-state index in [2.05, 4.69) is 0 Å². The van der Waals surface area contributed by atoms with Crippen molar-refractivity contribution >= 4 is 17.5 Å². The van der Waals surface area contributed by atoms with Crippen LogP contribution in [0.1, 0.15) is 29.3 Å². The molecule has 2 aromatic rings. The Morgan fingerprint density at radius 2 is 1.56 bits per heavy atom. The molecular formula is C22H27NO4. The van der Waals surface area contributed by atoms with Gasteiger partial charge in [0.15, 0.2) is 17.3 Å². The van der Waals surface area contributed by atoms with Crippen molar-refractivity contribution in [1.29, 1.82) is 0 Å². The highest BCUT2D eigenvalue weighted by Crippen LogP contribution is 2.40. The van der Waals surface area contributed by atoms with Gasteiger partial charge in [-0.15, -0.1) is 0 Å². The molecule has 0 radical (unpaired) electrons. The predicted octanol–water partition coefficient (Wildman–Crippen LogP) is 4.45. The van der Waals surface area contributed by atoms with Gasteiger partial charge in [0, 0.05) is 25.4 Å². The highest BCUT2D eigenvalue weighted by Gasteiger charge is 2.22. The van der Waals surface area contributed by atoms with Gasteiger partial charge in [0.2, 0.25) is 5.75 Å². The maximum absolute atomic E-state index is 13.2. The standard InChI is InChI=1S/C22H27NO4/c1-7-16(14-15-8-10-17(11-9-15)23(2)3)20(24)18-12-13-19(25-4)22(27-6)21(18)26-5/h8-14H,7H2,1-6H3/b16-14+. The molecule has 0 aliphatic heterocycles. The lowest BCUT2D eigenvalue weighted by Gasteiger charge is -2.16. The Balaban J connectivity index is 2.44. The van der Waals surface area contributed by atoms with Crippen molar-refractivity contribution < 1.29 is 19.0 Å². The van der Waals surface area contributed by atoms with E-state index in [0.29, 0.717) is 34.8 Å². The monoisotopic (exact) mass is 369 g/mol. The Kier molecular flexibility index (Phi) is 6.88.